The first-order valence-electron chi connectivity index (χ1n) is 9.39. The number of nitrogens with zero attached hydrogens (tertiary/aromatic N) is 2. The Morgan fingerprint density at radius 3 is 2.74 bits per heavy atom. The minimum absolute atomic E-state index is 0.0598. The molecular formula is C23H15N3O5. The third-order valence-corrected chi connectivity index (χ3v) is 5.10. The SMILES string of the molecule is C#CCn1cc(C=C2C(=O)NC(=O)N(c3ccc4c(c3)OCO4)C2=O)c2ccccc21. The van der Waals surface area contributed by atoms with E-state index in [0.29, 0.717) is 23.6 Å². The number of imide groups is 2. The quantitative estimate of drug-likeness (QED) is 0.405. The van der Waals surface area contributed by atoms with Crippen LogP contribution in [0.15, 0.2) is 54.2 Å². The van der Waals surface area contributed by atoms with Crippen molar-refractivity contribution in [3.63, 3.8) is 0 Å². The third kappa shape index (κ3) is 3.00. The van der Waals surface area contributed by atoms with Crippen molar-refractivity contribution < 1.29 is 23.9 Å². The van der Waals surface area contributed by atoms with Crippen LogP contribution in [0, 0.1) is 12.3 Å². The predicted molar refractivity (Wildman–Crippen MR) is 112 cm³/mol. The van der Waals surface area contributed by atoms with Crippen LogP contribution in [0.2, 0.25) is 0 Å². The van der Waals surface area contributed by atoms with Crippen molar-refractivity contribution in [3.05, 3.63) is 59.8 Å². The fourth-order valence-corrected chi connectivity index (χ4v) is 3.69. The largest absolute Gasteiger partial charge is 0.454 e. The molecule has 3 heterocycles. The normalized spacial score (nSPS) is 16.7. The topological polar surface area (TPSA) is 89.9 Å². The van der Waals surface area contributed by atoms with Crippen LogP contribution < -0.4 is 19.7 Å². The van der Waals surface area contributed by atoms with Crippen LogP contribution in [-0.4, -0.2) is 29.2 Å². The second-order valence-corrected chi connectivity index (χ2v) is 6.93. The molecule has 0 radical (unpaired) electrons. The van der Waals surface area contributed by atoms with Crippen molar-refractivity contribution in [1.82, 2.24) is 9.88 Å². The fourth-order valence-electron chi connectivity index (χ4n) is 3.69. The molecule has 0 saturated carbocycles. The van der Waals surface area contributed by atoms with Gasteiger partial charge in [0.1, 0.15) is 5.57 Å². The highest BCUT2D eigenvalue weighted by Gasteiger charge is 2.37. The summed E-state index contributed by atoms with van der Waals surface area (Å²) in [6, 6.07) is 11.4. The molecule has 8 nitrogen and oxygen atoms in total. The van der Waals surface area contributed by atoms with Crippen molar-refractivity contribution in [2.45, 2.75) is 6.54 Å². The van der Waals surface area contributed by atoms with E-state index in [1.54, 1.807) is 18.3 Å². The summed E-state index contributed by atoms with van der Waals surface area (Å²) >= 11 is 0. The lowest BCUT2D eigenvalue weighted by Gasteiger charge is -2.26. The van der Waals surface area contributed by atoms with Crippen LogP contribution in [0.3, 0.4) is 0 Å². The van der Waals surface area contributed by atoms with Crippen LogP contribution in [0.1, 0.15) is 5.56 Å². The number of aromatic nitrogens is 1. The van der Waals surface area contributed by atoms with Crippen molar-refractivity contribution in [2.75, 3.05) is 11.7 Å². The minimum Gasteiger partial charge on any atom is -0.454 e. The maximum atomic E-state index is 13.2. The van der Waals surface area contributed by atoms with Crippen LogP contribution in [-0.2, 0) is 16.1 Å². The number of barbiturate groups is 1. The van der Waals surface area contributed by atoms with E-state index in [0.717, 1.165) is 15.8 Å². The molecule has 5 rings (SSSR count). The van der Waals surface area contributed by atoms with Gasteiger partial charge in [-0.3, -0.25) is 14.9 Å². The number of terminal acetylenes is 1. The molecule has 2 aromatic carbocycles. The molecule has 3 aromatic rings. The van der Waals surface area contributed by atoms with Crippen LogP contribution in [0.25, 0.3) is 17.0 Å². The van der Waals surface area contributed by atoms with E-state index in [1.807, 2.05) is 28.8 Å². The first kappa shape index (κ1) is 18.5. The van der Waals surface area contributed by atoms with Crippen molar-refractivity contribution in [2.24, 2.45) is 0 Å². The predicted octanol–water partition coefficient (Wildman–Crippen LogP) is 2.67. The van der Waals surface area contributed by atoms with Crippen LogP contribution in [0.4, 0.5) is 10.5 Å². The van der Waals surface area contributed by atoms with Gasteiger partial charge >= 0.3 is 6.03 Å². The Labute approximate surface area is 176 Å². The number of carbonyl (C=O) groups is 3. The lowest BCUT2D eigenvalue weighted by atomic mass is 10.1. The number of hydrogen-bond donors (Lipinski definition) is 1. The van der Waals surface area contributed by atoms with Gasteiger partial charge in [-0.2, -0.15) is 0 Å². The molecule has 0 spiro atoms. The van der Waals surface area contributed by atoms with Gasteiger partial charge in [0.15, 0.2) is 11.5 Å². The van der Waals surface area contributed by atoms with Gasteiger partial charge in [0.25, 0.3) is 11.8 Å². The molecule has 0 bridgehead atoms. The lowest BCUT2D eigenvalue weighted by Crippen LogP contribution is -2.54. The van der Waals surface area contributed by atoms with E-state index >= 15 is 0 Å². The van der Waals surface area contributed by atoms with E-state index < -0.39 is 17.8 Å². The molecule has 0 unspecified atom stereocenters. The average molecular weight is 413 g/mol. The van der Waals surface area contributed by atoms with E-state index in [9.17, 15) is 14.4 Å². The molecule has 1 fully saturated rings. The van der Waals surface area contributed by atoms with Gasteiger partial charge in [-0.05, 0) is 24.3 Å². The summed E-state index contributed by atoms with van der Waals surface area (Å²) in [5, 5.41) is 3.05. The Hall–Kier alpha value is -4.51. The Kier molecular flexibility index (Phi) is 4.22. The van der Waals surface area contributed by atoms with E-state index in [-0.39, 0.29) is 18.1 Å². The minimum atomic E-state index is -0.833. The summed E-state index contributed by atoms with van der Waals surface area (Å²) in [7, 11) is 0. The Balaban J connectivity index is 1.58. The summed E-state index contributed by atoms with van der Waals surface area (Å²) < 4.78 is 12.4. The van der Waals surface area contributed by atoms with Crippen molar-refractivity contribution in [1.29, 1.82) is 0 Å². The molecule has 31 heavy (non-hydrogen) atoms. The highest BCUT2D eigenvalue weighted by atomic mass is 16.7. The number of nitrogens with one attached hydrogen (secondary N) is 1. The number of para-hydroxylation sites is 1. The Morgan fingerprint density at radius 1 is 1.10 bits per heavy atom. The monoisotopic (exact) mass is 413 g/mol. The second kappa shape index (κ2) is 7.07. The van der Waals surface area contributed by atoms with Gasteiger partial charge < -0.3 is 14.0 Å². The van der Waals surface area contributed by atoms with Crippen molar-refractivity contribution >= 4 is 40.5 Å². The summed E-state index contributed by atoms with van der Waals surface area (Å²) in [6.07, 6.45) is 8.71. The van der Waals surface area contributed by atoms with Gasteiger partial charge in [-0.15, -0.1) is 6.42 Å². The number of carbonyl (C=O) groups excluding carboxylic acids is 3. The zero-order valence-electron chi connectivity index (χ0n) is 16.1. The van der Waals surface area contributed by atoms with Gasteiger partial charge in [-0.25, -0.2) is 9.69 Å². The van der Waals surface area contributed by atoms with Gasteiger partial charge in [-0.1, -0.05) is 24.1 Å². The third-order valence-electron chi connectivity index (χ3n) is 5.10. The fraction of sp³-hybridized carbons (Fsp3) is 0.0870. The molecule has 1 aromatic heterocycles. The van der Waals surface area contributed by atoms with Gasteiger partial charge in [0.2, 0.25) is 6.79 Å². The average Bonchev–Trinajstić information content (AvgIpc) is 3.36. The molecule has 2 aliphatic rings. The summed E-state index contributed by atoms with van der Waals surface area (Å²) in [5.74, 6) is 2.02. The number of rotatable bonds is 3. The number of benzene rings is 2. The molecule has 152 valence electrons. The highest BCUT2D eigenvalue weighted by Crippen LogP contribution is 2.36. The number of hydrogen-bond acceptors (Lipinski definition) is 5. The molecule has 1 saturated heterocycles. The smallest absolute Gasteiger partial charge is 0.335 e. The molecule has 4 amide bonds. The lowest BCUT2D eigenvalue weighted by molar-refractivity contribution is -0.122. The van der Waals surface area contributed by atoms with Gasteiger partial charge in [0, 0.05) is 28.7 Å². The Morgan fingerprint density at radius 2 is 1.90 bits per heavy atom. The molecule has 1 N–H and O–H groups in total. The summed E-state index contributed by atoms with van der Waals surface area (Å²) in [5.41, 5.74) is 1.62. The summed E-state index contributed by atoms with van der Waals surface area (Å²) in [4.78, 5) is 39.1. The molecule has 2 aliphatic heterocycles. The standard InChI is InChI=1S/C23H15N3O5/c1-2-9-25-12-14(16-5-3-4-6-18(16)25)10-17-21(27)24-23(29)26(22(17)28)15-7-8-19-20(11-15)31-13-30-19/h1,3-8,10-12H,9,13H2,(H,24,27,29). The first-order chi connectivity index (χ1) is 15.1. The van der Waals surface area contributed by atoms with E-state index in [4.69, 9.17) is 15.9 Å². The molecule has 8 heteroatoms. The summed E-state index contributed by atoms with van der Waals surface area (Å²) in [6.45, 7) is 0.399. The van der Waals surface area contributed by atoms with Gasteiger partial charge in [0.05, 0.1) is 12.2 Å². The highest BCUT2D eigenvalue weighted by molar-refractivity contribution is 6.39. The maximum Gasteiger partial charge on any atom is 0.335 e. The first-order valence-corrected chi connectivity index (χ1v) is 9.39. The molecule has 0 atom stereocenters. The second-order valence-electron chi connectivity index (χ2n) is 6.93. The number of amides is 4. The Bertz CT molecular complexity index is 1340. The zero-order valence-corrected chi connectivity index (χ0v) is 16.1. The number of urea groups is 1. The molecular weight excluding hydrogens is 398 g/mol. The van der Waals surface area contributed by atoms with E-state index in [2.05, 4.69) is 11.2 Å². The van der Waals surface area contributed by atoms with Crippen LogP contribution in [0.5, 0.6) is 11.5 Å². The number of anilines is 1. The molecule has 0 aliphatic carbocycles. The van der Waals surface area contributed by atoms with Crippen molar-refractivity contribution in [3.8, 4) is 23.8 Å². The number of fused-ring (bicyclic) bond motifs is 2. The number of ether oxygens (including phenoxy) is 2. The van der Waals surface area contributed by atoms with Crippen LogP contribution >= 0.6 is 0 Å². The zero-order chi connectivity index (χ0) is 21.5. The maximum absolute atomic E-state index is 13.2. The van der Waals surface area contributed by atoms with E-state index in [1.165, 1.54) is 12.1 Å².